The van der Waals surface area contributed by atoms with Crippen molar-refractivity contribution in [2.45, 2.75) is 20.3 Å². The van der Waals surface area contributed by atoms with Crippen LogP contribution in [0.4, 0.5) is 0 Å². The number of primary amides is 1. The van der Waals surface area contributed by atoms with E-state index in [1.165, 1.54) is 18.1 Å². The summed E-state index contributed by atoms with van der Waals surface area (Å²) in [5.74, 6) is -0.333. The van der Waals surface area contributed by atoms with E-state index in [1.54, 1.807) is 0 Å². The molecule has 0 aliphatic heterocycles. The Balaban J connectivity index is 0.000000364. The molecule has 1 amide bonds. The van der Waals surface area contributed by atoms with E-state index in [0.717, 1.165) is 6.42 Å². The number of hydrogen-bond acceptors (Lipinski definition) is 1. The highest BCUT2D eigenvalue weighted by atomic mass is 16.1. The van der Waals surface area contributed by atoms with Gasteiger partial charge in [-0.05, 0) is 17.6 Å². The van der Waals surface area contributed by atoms with Gasteiger partial charge in [0.2, 0.25) is 5.91 Å². The fourth-order valence-corrected chi connectivity index (χ4v) is 0.878. The summed E-state index contributed by atoms with van der Waals surface area (Å²) >= 11 is 0. The topological polar surface area (TPSA) is 43.1 Å². The van der Waals surface area contributed by atoms with Gasteiger partial charge in [0, 0.05) is 6.92 Å². The van der Waals surface area contributed by atoms with Crippen LogP contribution in [0.2, 0.25) is 0 Å². The molecule has 1 aromatic carbocycles. The molecule has 76 valence electrons. The summed E-state index contributed by atoms with van der Waals surface area (Å²) in [6.07, 6.45) is 1.03. The molecule has 0 aromatic heterocycles. The van der Waals surface area contributed by atoms with Crippen molar-refractivity contribution >= 4 is 11.5 Å². The van der Waals surface area contributed by atoms with E-state index in [9.17, 15) is 4.79 Å². The van der Waals surface area contributed by atoms with Gasteiger partial charge in [-0.2, -0.15) is 0 Å². The van der Waals surface area contributed by atoms with Gasteiger partial charge in [0.1, 0.15) is 0 Å². The second-order valence-corrected chi connectivity index (χ2v) is 2.93. The molecule has 0 unspecified atom stereocenters. The van der Waals surface area contributed by atoms with Crippen LogP contribution in [0.25, 0.3) is 5.57 Å². The maximum absolute atomic E-state index is 9.22. The normalized spacial score (nSPS) is 8.43. The number of carbonyl (C=O) groups excluding carboxylic acids is 1. The SMILES string of the molecule is C=C(CC)c1ccccc1.CC(N)=O. The lowest BCUT2D eigenvalue weighted by atomic mass is 10.1. The Hall–Kier alpha value is -1.57. The highest BCUT2D eigenvalue weighted by molar-refractivity contribution is 5.70. The predicted molar refractivity (Wildman–Crippen MR) is 60.6 cm³/mol. The minimum Gasteiger partial charge on any atom is -0.370 e. The third-order valence-corrected chi connectivity index (χ3v) is 1.61. The first-order chi connectivity index (χ1) is 6.57. The van der Waals surface area contributed by atoms with Crippen LogP contribution in [-0.2, 0) is 4.79 Å². The number of rotatable bonds is 2. The zero-order valence-corrected chi connectivity index (χ0v) is 8.79. The first kappa shape index (κ1) is 12.4. The molecule has 14 heavy (non-hydrogen) atoms. The number of benzene rings is 1. The van der Waals surface area contributed by atoms with Crippen LogP contribution in [0.15, 0.2) is 36.9 Å². The average molecular weight is 191 g/mol. The monoisotopic (exact) mass is 191 g/mol. The quantitative estimate of drug-likeness (QED) is 0.767. The highest BCUT2D eigenvalue weighted by Crippen LogP contribution is 2.13. The molecule has 0 saturated carbocycles. The second kappa shape index (κ2) is 6.89. The maximum Gasteiger partial charge on any atom is 0.214 e. The number of nitrogens with two attached hydrogens (primary N) is 1. The molecule has 0 radical (unpaired) electrons. The van der Waals surface area contributed by atoms with E-state index >= 15 is 0 Å². The number of hydrogen-bond donors (Lipinski definition) is 1. The summed E-state index contributed by atoms with van der Waals surface area (Å²) in [6.45, 7) is 7.37. The van der Waals surface area contributed by atoms with Crippen LogP contribution in [0, 0.1) is 0 Å². The highest BCUT2D eigenvalue weighted by Gasteiger charge is 1.91. The fraction of sp³-hybridized carbons (Fsp3) is 0.250. The molecule has 0 atom stereocenters. The maximum atomic E-state index is 9.22. The Bertz CT molecular complexity index is 286. The molecule has 0 aliphatic rings. The van der Waals surface area contributed by atoms with Gasteiger partial charge in [0.05, 0.1) is 0 Å². The number of allylic oxidation sites excluding steroid dienone is 1. The zero-order valence-electron chi connectivity index (χ0n) is 8.79. The van der Waals surface area contributed by atoms with Crippen molar-refractivity contribution in [1.29, 1.82) is 0 Å². The van der Waals surface area contributed by atoms with Gasteiger partial charge in [-0.15, -0.1) is 0 Å². The molecule has 0 saturated heterocycles. The Morgan fingerprint density at radius 2 is 1.79 bits per heavy atom. The fourth-order valence-electron chi connectivity index (χ4n) is 0.878. The predicted octanol–water partition coefficient (Wildman–Crippen LogP) is 2.60. The molecule has 0 fully saturated rings. The van der Waals surface area contributed by atoms with Gasteiger partial charge in [-0.25, -0.2) is 0 Å². The third kappa shape index (κ3) is 6.00. The first-order valence-corrected chi connectivity index (χ1v) is 4.57. The molecule has 2 N–H and O–H groups in total. The molecule has 1 rings (SSSR count). The lowest BCUT2D eigenvalue weighted by Gasteiger charge is -1.99. The van der Waals surface area contributed by atoms with Crippen molar-refractivity contribution < 1.29 is 4.79 Å². The van der Waals surface area contributed by atoms with Crippen molar-refractivity contribution in [3.63, 3.8) is 0 Å². The molecule has 2 nitrogen and oxygen atoms in total. The van der Waals surface area contributed by atoms with Crippen molar-refractivity contribution in [2.75, 3.05) is 0 Å². The summed E-state index contributed by atoms with van der Waals surface area (Å²) in [7, 11) is 0. The van der Waals surface area contributed by atoms with E-state index in [-0.39, 0.29) is 5.91 Å². The Morgan fingerprint density at radius 3 is 2.14 bits per heavy atom. The molecule has 2 heteroatoms. The Morgan fingerprint density at radius 1 is 1.36 bits per heavy atom. The van der Waals surface area contributed by atoms with Crippen molar-refractivity contribution in [3.05, 3.63) is 42.5 Å². The van der Waals surface area contributed by atoms with Crippen molar-refractivity contribution in [2.24, 2.45) is 5.73 Å². The van der Waals surface area contributed by atoms with E-state index in [0.29, 0.717) is 0 Å². The van der Waals surface area contributed by atoms with Gasteiger partial charge in [0.15, 0.2) is 0 Å². The minimum absolute atomic E-state index is 0.333. The molecule has 0 aliphatic carbocycles. The molecule has 1 aromatic rings. The van der Waals surface area contributed by atoms with E-state index < -0.39 is 0 Å². The Kier molecular flexibility index (Phi) is 6.12. The van der Waals surface area contributed by atoms with Crippen molar-refractivity contribution in [1.82, 2.24) is 0 Å². The van der Waals surface area contributed by atoms with Crippen LogP contribution >= 0.6 is 0 Å². The summed E-state index contributed by atoms with van der Waals surface area (Å²) < 4.78 is 0. The van der Waals surface area contributed by atoms with Gasteiger partial charge in [0.25, 0.3) is 0 Å². The average Bonchev–Trinajstić information content (AvgIpc) is 2.17. The smallest absolute Gasteiger partial charge is 0.214 e. The largest absolute Gasteiger partial charge is 0.370 e. The number of amides is 1. The molecule has 0 bridgehead atoms. The van der Waals surface area contributed by atoms with Crippen molar-refractivity contribution in [3.8, 4) is 0 Å². The van der Waals surface area contributed by atoms with Gasteiger partial charge < -0.3 is 5.73 Å². The summed E-state index contributed by atoms with van der Waals surface area (Å²) in [5, 5.41) is 0. The van der Waals surface area contributed by atoms with Crippen LogP contribution in [0.3, 0.4) is 0 Å². The lowest BCUT2D eigenvalue weighted by Crippen LogP contribution is -2.01. The molecular weight excluding hydrogens is 174 g/mol. The lowest BCUT2D eigenvalue weighted by molar-refractivity contribution is -0.115. The number of carbonyl (C=O) groups is 1. The van der Waals surface area contributed by atoms with E-state index in [2.05, 4.69) is 31.4 Å². The zero-order chi connectivity index (χ0) is 11.0. The summed E-state index contributed by atoms with van der Waals surface area (Å²) in [6, 6.07) is 10.3. The first-order valence-electron chi connectivity index (χ1n) is 4.57. The van der Waals surface area contributed by atoms with Gasteiger partial charge in [-0.1, -0.05) is 43.8 Å². The summed E-state index contributed by atoms with van der Waals surface area (Å²) in [5.41, 5.74) is 6.94. The van der Waals surface area contributed by atoms with Crippen LogP contribution < -0.4 is 5.73 Å². The van der Waals surface area contributed by atoms with Crippen LogP contribution in [0.1, 0.15) is 25.8 Å². The van der Waals surface area contributed by atoms with E-state index in [4.69, 9.17) is 0 Å². The molecular formula is C12H17NO. The van der Waals surface area contributed by atoms with Crippen LogP contribution in [-0.4, -0.2) is 5.91 Å². The third-order valence-electron chi connectivity index (χ3n) is 1.61. The molecule has 0 heterocycles. The van der Waals surface area contributed by atoms with Gasteiger partial charge in [-0.3, -0.25) is 4.79 Å². The van der Waals surface area contributed by atoms with Crippen LogP contribution in [0.5, 0.6) is 0 Å². The molecule has 0 spiro atoms. The Labute approximate surface area is 85.4 Å². The summed E-state index contributed by atoms with van der Waals surface area (Å²) in [4.78, 5) is 9.22. The van der Waals surface area contributed by atoms with E-state index in [1.807, 2.05) is 18.2 Å². The second-order valence-electron chi connectivity index (χ2n) is 2.93. The standard InChI is InChI=1S/C10H12.C2H5NO/c1-3-9(2)10-7-5-4-6-8-10;1-2(3)4/h4-8H,2-3H2,1H3;1H3,(H2,3,4). The minimum atomic E-state index is -0.333. The van der Waals surface area contributed by atoms with Gasteiger partial charge >= 0.3 is 0 Å².